The molecular formula is C7H14N4O. The lowest BCUT2D eigenvalue weighted by Gasteiger charge is -2.03. The van der Waals surface area contributed by atoms with Crippen molar-refractivity contribution in [1.82, 2.24) is 15.2 Å². The number of H-pyrrole nitrogens is 1. The summed E-state index contributed by atoms with van der Waals surface area (Å²) in [6, 6.07) is 0. The molecular weight excluding hydrogens is 156 g/mol. The second-order valence-corrected chi connectivity index (χ2v) is 2.73. The van der Waals surface area contributed by atoms with Gasteiger partial charge in [-0.1, -0.05) is 0 Å². The third kappa shape index (κ3) is 2.28. The molecule has 0 saturated carbocycles. The maximum atomic E-state index is 9.46. The van der Waals surface area contributed by atoms with E-state index in [-0.39, 0.29) is 0 Å². The molecule has 4 N–H and O–H groups in total. The zero-order valence-electron chi connectivity index (χ0n) is 7.12. The van der Waals surface area contributed by atoms with Crippen molar-refractivity contribution in [3.8, 4) is 0 Å². The number of hydrogen-bond donors (Lipinski definition) is 3. The number of nitrogens with one attached hydrogen (secondary N) is 1. The minimum absolute atomic E-state index is 0.459. The van der Waals surface area contributed by atoms with Gasteiger partial charge in [0.15, 0.2) is 5.82 Å². The summed E-state index contributed by atoms with van der Waals surface area (Å²) in [5.74, 6) is 1.18. The summed E-state index contributed by atoms with van der Waals surface area (Å²) in [6.45, 7) is 2.38. The number of rotatable bonds is 4. The Labute approximate surface area is 71.0 Å². The highest BCUT2D eigenvalue weighted by molar-refractivity contribution is 4.91. The molecule has 0 bridgehead atoms. The van der Waals surface area contributed by atoms with Gasteiger partial charge in [-0.2, -0.15) is 5.10 Å². The number of aromatic amines is 1. The first-order valence-corrected chi connectivity index (χ1v) is 4.01. The molecule has 0 amide bonds. The van der Waals surface area contributed by atoms with Crippen LogP contribution in [0.4, 0.5) is 0 Å². The van der Waals surface area contributed by atoms with Crippen molar-refractivity contribution < 1.29 is 5.11 Å². The van der Waals surface area contributed by atoms with Crippen LogP contribution >= 0.6 is 0 Å². The van der Waals surface area contributed by atoms with Gasteiger partial charge in [-0.25, -0.2) is 4.98 Å². The van der Waals surface area contributed by atoms with Gasteiger partial charge in [-0.05, 0) is 26.3 Å². The average Bonchev–Trinajstić information content (AvgIpc) is 2.47. The number of nitrogens with two attached hydrogens (primary N) is 1. The van der Waals surface area contributed by atoms with Gasteiger partial charge in [-0.3, -0.25) is 5.10 Å². The minimum Gasteiger partial charge on any atom is -0.385 e. The average molecular weight is 170 g/mol. The summed E-state index contributed by atoms with van der Waals surface area (Å²) in [5.41, 5.74) is 5.30. The summed E-state index contributed by atoms with van der Waals surface area (Å²) in [7, 11) is 0. The monoisotopic (exact) mass is 170 g/mol. The number of aliphatic hydroxyl groups is 1. The van der Waals surface area contributed by atoms with Crippen molar-refractivity contribution in [3.05, 3.63) is 11.6 Å². The van der Waals surface area contributed by atoms with Gasteiger partial charge in [0.2, 0.25) is 0 Å². The number of hydrogen-bond acceptors (Lipinski definition) is 4. The van der Waals surface area contributed by atoms with Crippen LogP contribution in [0.25, 0.3) is 0 Å². The molecule has 0 aliphatic rings. The molecule has 1 unspecified atom stereocenters. The fourth-order valence-corrected chi connectivity index (χ4v) is 0.949. The van der Waals surface area contributed by atoms with E-state index in [4.69, 9.17) is 5.73 Å². The summed E-state index contributed by atoms with van der Waals surface area (Å²) >= 11 is 0. The smallest absolute Gasteiger partial charge is 0.179 e. The fraction of sp³-hybridized carbons (Fsp3) is 0.714. The number of nitrogens with zero attached hydrogens (tertiary/aromatic N) is 2. The third-order valence-electron chi connectivity index (χ3n) is 1.59. The predicted octanol–water partition coefficient (Wildman–Crippen LogP) is -0.115. The van der Waals surface area contributed by atoms with Gasteiger partial charge >= 0.3 is 0 Å². The second kappa shape index (κ2) is 4.18. The Hall–Kier alpha value is -0.940. The molecule has 1 aromatic rings. The zero-order chi connectivity index (χ0) is 8.97. The molecule has 0 aliphatic carbocycles. The molecule has 1 atom stereocenters. The van der Waals surface area contributed by atoms with Gasteiger partial charge in [0.25, 0.3) is 0 Å². The normalized spacial score (nSPS) is 13.2. The van der Waals surface area contributed by atoms with Crippen LogP contribution in [0.2, 0.25) is 0 Å². The highest BCUT2D eigenvalue weighted by atomic mass is 16.3. The van der Waals surface area contributed by atoms with Gasteiger partial charge in [0.05, 0.1) is 0 Å². The zero-order valence-corrected chi connectivity index (χ0v) is 7.12. The van der Waals surface area contributed by atoms with Gasteiger partial charge in [0, 0.05) is 0 Å². The van der Waals surface area contributed by atoms with Crippen molar-refractivity contribution in [2.45, 2.75) is 25.9 Å². The van der Waals surface area contributed by atoms with Crippen LogP contribution in [0.3, 0.4) is 0 Å². The van der Waals surface area contributed by atoms with E-state index in [1.54, 1.807) is 6.92 Å². The van der Waals surface area contributed by atoms with Crippen molar-refractivity contribution in [3.63, 3.8) is 0 Å². The molecule has 1 heterocycles. The topological polar surface area (TPSA) is 87.8 Å². The molecule has 0 radical (unpaired) electrons. The van der Waals surface area contributed by atoms with Crippen molar-refractivity contribution in [1.29, 1.82) is 0 Å². The highest BCUT2D eigenvalue weighted by Gasteiger charge is 2.10. The number of aliphatic hydroxyl groups excluding tert-OH is 1. The minimum atomic E-state index is -0.585. The van der Waals surface area contributed by atoms with E-state index in [1.807, 2.05) is 0 Å². The van der Waals surface area contributed by atoms with Crippen LogP contribution in [-0.4, -0.2) is 26.8 Å². The van der Waals surface area contributed by atoms with E-state index >= 15 is 0 Å². The molecule has 0 fully saturated rings. The van der Waals surface area contributed by atoms with Crippen molar-refractivity contribution in [2.24, 2.45) is 5.73 Å². The SMILES string of the molecule is Cc1nc(C(O)CCCN)n[nH]1. The molecule has 68 valence electrons. The molecule has 0 spiro atoms. The highest BCUT2D eigenvalue weighted by Crippen LogP contribution is 2.12. The predicted molar refractivity (Wildman–Crippen MR) is 44.4 cm³/mol. The van der Waals surface area contributed by atoms with Gasteiger partial charge < -0.3 is 10.8 Å². The first-order chi connectivity index (χ1) is 5.74. The Balaban J connectivity index is 2.47. The van der Waals surface area contributed by atoms with Crippen molar-refractivity contribution in [2.75, 3.05) is 6.54 Å². The van der Waals surface area contributed by atoms with Crippen LogP contribution < -0.4 is 5.73 Å². The van der Waals surface area contributed by atoms with E-state index in [2.05, 4.69) is 15.2 Å². The van der Waals surface area contributed by atoms with Gasteiger partial charge in [0.1, 0.15) is 11.9 Å². The molecule has 5 heteroatoms. The lowest BCUT2D eigenvalue weighted by molar-refractivity contribution is 0.156. The van der Waals surface area contributed by atoms with E-state index in [9.17, 15) is 5.11 Å². The van der Waals surface area contributed by atoms with Gasteiger partial charge in [-0.15, -0.1) is 0 Å². The molecule has 0 aromatic carbocycles. The molecule has 5 nitrogen and oxygen atoms in total. The summed E-state index contributed by atoms with van der Waals surface area (Å²) < 4.78 is 0. The quantitative estimate of drug-likeness (QED) is 0.588. The second-order valence-electron chi connectivity index (χ2n) is 2.73. The van der Waals surface area contributed by atoms with E-state index in [1.165, 1.54) is 0 Å². The van der Waals surface area contributed by atoms with Crippen LogP contribution in [0.15, 0.2) is 0 Å². The Morgan fingerprint density at radius 1 is 1.67 bits per heavy atom. The molecule has 1 aromatic heterocycles. The molecule has 12 heavy (non-hydrogen) atoms. The van der Waals surface area contributed by atoms with Crippen LogP contribution in [0.5, 0.6) is 0 Å². The molecule has 0 saturated heterocycles. The standard InChI is InChI=1S/C7H14N4O/c1-5-9-7(11-10-5)6(12)3-2-4-8/h6,12H,2-4,8H2,1H3,(H,9,10,11). The van der Waals surface area contributed by atoms with Crippen LogP contribution in [0.1, 0.15) is 30.6 Å². The maximum Gasteiger partial charge on any atom is 0.179 e. The van der Waals surface area contributed by atoms with E-state index in [0.717, 1.165) is 12.2 Å². The largest absolute Gasteiger partial charge is 0.385 e. The van der Waals surface area contributed by atoms with E-state index in [0.29, 0.717) is 18.8 Å². The van der Waals surface area contributed by atoms with Crippen LogP contribution in [-0.2, 0) is 0 Å². The first-order valence-electron chi connectivity index (χ1n) is 4.01. The maximum absolute atomic E-state index is 9.46. The lowest BCUT2D eigenvalue weighted by atomic mass is 10.2. The van der Waals surface area contributed by atoms with E-state index < -0.39 is 6.10 Å². The Bertz CT molecular complexity index is 235. The first kappa shape index (κ1) is 9.15. The Morgan fingerprint density at radius 2 is 2.42 bits per heavy atom. The Morgan fingerprint density at radius 3 is 2.92 bits per heavy atom. The van der Waals surface area contributed by atoms with Crippen molar-refractivity contribution >= 4 is 0 Å². The fourth-order valence-electron chi connectivity index (χ4n) is 0.949. The lowest BCUT2D eigenvalue weighted by Crippen LogP contribution is -2.05. The number of aryl methyl sites for hydroxylation is 1. The van der Waals surface area contributed by atoms with Crippen LogP contribution in [0, 0.1) is 6.92 Å². The summed E-state index contributed by atoms with van der Waals surface area (Å²) in [5, 5.41) is 16.0. The number of aromatic nitrogens is 3. The Kier molecular flexibility index (Phi) is 3.19. The molecule has 0 aliphatic heterocycles. The summed E-state index contributed by atoms with van der Waals surface area (Å²) in [4.78, 5) is 4.01. The molecule has 1 rings (SSSR count). The summed E-state index contributed by atoms with van der Waals surface area (Å²) in [6.07, 6.45) is 0.821. The third-order valence-corrected chi connectivity index (χ3v) is 1.59.